The van der Waals surface area contributed by atoms with Crippen molar-refractivity contribution in [3.63, 3.8) is 0 Å². The second kappa shape index (κ2) is 14.3. The molecule has 61 heavy (non-hydrogen) atoms. The highest BCUT2D eigenvalue weighted by atomic mass is 15.0. The Morgan fingerprint density at radius 3 is 1.18 bits per heavy atom. The summed E-state index contributed by atoms with van der Waals surface area (Å²) in [6, 6.07) is 77.8. The van der Waals surface area contributed by atoms with Crippen molar-refractivity contribution in [2.75, 3.05) is 0 Å². The molecular weight excluding hydrogens is 741 g/mol. The predicted octanol–water partition coefficient (Wildman–Crippen LogP) is 14.8. The topological polar surface area (TPSA) is 43.6 Å². The predicted molar refractivity (Wildman–Crippen MR) is 254 cm³/mol. The van der Waals surface area contributed by atoms with Gasteiger partial charge in [-0.15, -0.1) is 0 Å². The van der Waals surface area contributed by atoms with Gasteiger partial charge >= 0.3 is 0 Å². The second-order valence-electron chi connectivity index (χ2n) is 15.6. The van der Waals surface area contributed by atoms with Crippen molar-refractivity contribution in [1.29, 1.82) is 0 Å². The van der Waals surface area contributed by atoms with E-state index < -0.39 is 0 Å². The smallest absolute Gasteiger partial charge is 0.164 e. The molecule has 0 aliphatic carbocycles. The number of aromatic nitrogens is 4. The van der Waals surface area contributed by atoms with E-state index in [1.54, 1.807) is 0 Å². The molecule has 0 bridgehead atoms. The molecule has 0 spiro atoms. The normalized spacial score (nSPS) is 11.6. The Hall–Kier alpha value is -8.21. The summed E-state index contributed by atoms with van der Waals surface area (Å²) >= 11 is 0. The molecule has 4 nitrogen and oxygen atoms in total. The molecule has 0 aliphatic heterocycles. The Morgan fingerprint density at radius 1 is 0.230 bits per heavy atom. The molecule has 12 aromatic rings. The quantitative estimate of drug-likeness (QED) is 0.158. The molecule has 0 amide bonds. The number of rotatable bonds is 6. The summed E-state index contributed by atoms with van der Waals surface area (Å²) in [4.78, 5) is 14.8. The van der Waals surface area contributed by atoms with Crippen LogP contribution >= 0.6 is 0 Å². The molecule has 0 saturated heterocycles. The van der Waals surface area contributed by atoms with Gasteiger partial charge in [0.1, 0.15) is 0 Å². The molecular formula is C57H36N4. The highest BCUT2D eigenvalue weighted by Crippen LogP contribution is 2.41. The van der Waals surface area contributed by atoms with E-state index in [1.165, 1.54) is 70.9 Å². The summed E-state index contributed by atoms with van der Waals surface area (Å²) in [5.41, 5.74) is 11.1. The number of benzene rings is 10. The minimum absolute atomic E-state index is 0.645. The van der Waals surface area contributed by atoms with Gasteiger partial charge in [-0.2, -0.15) is 0 Å². The van der Waals surface area contributed by atoms with E-state index in [0.29, 0.717) is 17.5 Å². The van der Waals surface area contributed by atoms with Gasteiger partial charge in [0.15, 0.2) is 17.5 Å². The molecule has 0 atom stereocenters. The average Bonchev–Trinajstić information content (AvgIpc) is 3.68. The summed E-state index contributed by atoms with van der Waals surface area (Å²) < 4.78 is 2.37. The Bertz CT molecular complexity index is 3560. The Morgan fingerprint density at radius 2 is 0.590 bits per heavy atom. The van der Waals surface area contributed by atoms with Gasteiger partial charge in [-0.25, -0.2) is 15.0 Å². The fourth-order valence-corrected chi connectivity index (χ4v) is 9.07. The molecule has 0 unspecified atom stereocenters. The van der Waals surface area contributed by atoms with E-state index in [1.807, 2.05) is 60.7 Å². The standard InChI is InChI=1S/C57H36N4/c1-4-14-38(15-5-1)55-58-56(39-16-6-2-7-17-39)60-57(59-55)40-26-24-37(25-27-40)41-28-32-48-50(34-41)46-21-11-10-20-45(46)47-31-29-42(35-51(47)48)43-30-33-54-52(36-43)49-22-12-13-23-53(49)61(54)44-18-8-3-9-19-44/h1-36H. The molecule has 0 aliphatic rings. The van der Waals surface area contributed by atoms with Gasteiger partial charge < -0.3 is 4.57 Å². The van der Waals surface area contributed by atoms with Crippen LogP contribution in [0.25, 0.3) is 116 Å². The third kappa shape index (κ3) is 5.96. The highest BCUT2D eigenvalue weighted by molar-refractivity contribution is 6.26. The van der Waals surface area contributed by atoms with E-state index in [2.05, 4.69) is 162 Å². The largest absolute Gasteiger partial charge is 0.309 e. The first-order valence-electron chi connectivity index (χ1n) is 20.7. The molecule has 10 aromatic carbocycles. The first-order valence-corrected chi connectivity index (χ1v) is 20.7. The van der Waals surface area contributed by atoms with E-state index in [9.17, 15) is 0 Å². The lowest BCUT2D eigenvalue weighted by Gasteiger charge is -2.14. The van der Waals surface area contributed by atoms with Crippen molar-refractivity contribution in [1.82, 2.24) is 19.5 Å². The van der Waals surface area contributed by atoms with E-state index >= 15 is 0 Å². The fraction of sp³-hybridized carbons (Fsp3) is 0. The Labute approximate surface area is 352 Å². The third-order valence-electron chi connectivity index (χ3n) is 12.0. The lowest BCUT2D eigenvalue weighted by atomic mass is 9.90. The van der Waals surface area contributed by atoms with Crippen LogP contribution in [0.5, 0.6) is 0 Å². The van der Waals surface area contributed by atoms with Crippen molar-refractivity contribution in [3.05, 3.63) is 218 Å². The van der Waals surface area contributed by atoms with Crippen LogP contribution in [0.15, 0.2) is 218 Å². The second-order valence-corrected chi connectivity index (χ2v) is 15.6. The van der Waals surface area contributed by atoms with Crippen LogP contribution in [0, 0.1) is 0 Å². The van der Waals surface area contributed by atoms with Crippen molar-refractivity contribution < 1.29 is 0 Å². The average molecular weight is 777 g/mol. The van der Waals surface area contributed by atoms with Gasteiger partial charge in [0.25, 0.3) is 0 Å². The number of hydrogen-bond donors (Lipinski definition) is 0. The van der Waals surface area contributed by atoms with Gasteiger partial charge in [0, 0.05) is 33.2 Å². The summed E-state index contributed by atoms with van der Waals surface area (Å²) in [5.74, 6) is 1.95. The Balaban J connectivity index is 0.954. The minimum Gasteiger partial charge on any atom is -0.309 e. The van der Waals surface area contributed by atoms with Crippen LogP contribution in [0.4, 0.5) is 0 Å². The van der Waals surface area contributed by atoms with Gasteiger partial charge in [-0.1, -0.05) is 176 Å². The van der Waals surface area contributed by atoms with Crippen LogP contribution in [-0.4, -0.2) is 19.5 Å². The molecule has 12 rings (SSSR count). The zero-order valence-electron chi connectivity index (χ0n) is 33.1. The van der Waals surface area contributed by atoms with Gasteiger partial charge in [0.2, 0.25) is 0 Å². The fourth-order valence-electron chi connectivity index (χ4n) is 9.07. The molecule has 4 heteroatoms. The van der Waals surface area contributed by atoms with Crippen LogP contribution < -0.4 is 0 Å². The molecule has 0 fully saturated rings. The third-order valence-corrected chi connectivity index (χ3v) is 12.0. The van der Waals surface area contributed by atoms with Crippen molar-refractivity contribution >= 4 is 54.1 Å². The summed E-state index contributed by atoms with van der Waals surface area (Å²) in [6.07, 6.45) is 0. The lowest BCUT2D eigenvalue weighted by molar-refractivity contribution is 1.07. The first kappa shape index (κ1) is 34.8. The van der Waals surface area contributed by atoms with E-state index in [4.69, 9.17) is 15.0 Å². The van der Waals surface area contributed by atoms with E-state index in [0.717, 1.165) is 27.8 Å². The lowest BCUT2D eigenvalue weighted by Crippen LogP contribution is -2.00. The summed E-state index contributed by atoms with van der Waals surface area (Å²) in [6.45, 7) is 0. The maximum Gasteiger partial charge on any atom is 0.164 e. The molecule has 0 radical (unpaired) electrons. The zero-order chi connectivity index (χ0) is 40.3. The number of nitrogens with zero attached hydrogens (tertiary/aromatic N) is 4. The SMILES string of the molecule is c1ccc(-c2nc(-c3ccccc3)nc(-c3ccc(-c4ccc5c(c4)c4ccccc4c4ccc(-c6ccc7c(c6)c6ccccc6n7-c6ccccc6)cc45)cc3)n2)cc1. The molecule has 0 saturated carbocycles. The first-order chi connectivity index (χ1) is 30.2. The molecule has 2 aromatic heterocycles. The van der Waals surface area contributed by atoms with Crippen molar-refractivity contribution in [2.45, 2.75) is 0 Å². The molecule has 284 valence electrons. The van der Waals surface area contributed by atoms with Crippen LogP contribution in [0.2, 0.25) is 0 Å². The van der Waals surface area contributed by atoms with Crippen LogP contribution in [0.1, 0.15) is 0 Å². The number of hydrogen-bond acceptors (Lipinski definition) is 3. The van der Waals surface area contributed by atoms with Crippen molar-refractivity contribution in [3.8, 4) is 62.1 Å². The van der Waals surface area contributed by atoms with Gasteiger partial charge in [-0.05, 0) is 97.0 Å². The zero-order valence-corrected chi connectivity index (χ0v) is 33.1. The number of fused-ring (bicyclic) bond motifs is 9. The van der Waals surface area contributed by atoms with Crippen LogP contribution in [0.3, 0.4) is 0 Å². The van der Waals surface area contributed by atoms with Gasteiger partial charge in [0.05, 0.1) is 11.0 Å². The maximum absolute atomic E-state index is 4.95. The monoisotopic (exact) mass is 776 g/mol. The number of para-hydroxylation sites is 2. The van der Waals surface area contributed by atoms with E-state index in [-0.39, 0.29) is 0 Å². The van der Waals surface area contributed by atoms with Crippen molar-refractivity contribution in [2.24, 2.45) is 0 Å². The maximum atomic E-state index is 4.95. The highest BCUT2D eigenvalue weighted by Gasteiger charge is 2.16. The summed E-state index contributed by atoms with van der Waals surface area (Å²) in [5, 5.41) is 9.99. The summed E-state index contributed by atoms with van der Waals surface area (Å²) in [7, 11) is 0. The van der Waals surface area contributed by atoms with Gasteiger partial charge in [-0.3, -0.25) is 0 Å². The molecule has 0 N–H and O–H groups in total. The Kier molecular flexibility index (Phi) is 8.13. The molecule has 2 heterocycles. The van der Waals surface area contributed by atoms with Crippen LogP contribution in [-0.2, 0) is 0 Å². The minimum atomic E-state index is 0.645.